The second-order valence-electron chi connectivity index (χ2n) is 6.12. The molecule has 0 spiro atoms. The van der Waals surface area contributed by atoms with Gasteiger partial charge in [-0.2, -0.15) is 0 Å². The molecule has 1 heterocycles. The van der Waals surface area contributed by atoms with Crippen LogP contribution in [0.3, 0.4) is 0 Å². The first-order valence-electron chi connectivity index (χ1n) is 8.26. The number of ether oxygens (including phenoxy) is 1. The van der Waals surface area contributed by atoms with Crippen LogP contribution in [0.15, 0.2) is 48.5 Å². The normalized spacial score (nSPS) is 14.2. The first-order chi connectivity index (χ1) is 12.1. The third kappa shape index (κ3) is 4.70. The van der Waals surface area contributed by atoms with Crippen LogP contribution in [0, 0.1) is 5.82 Å². The Labute approximate surface area is 146 Å². The Morgan fingerprint density at radius 2 is 2.08 bits per heavy atom. The van der Waals surface area contributed by atoms with Gasteiger partial charge in [0.05, 0.1) is 19.3 Å². The second kappa shape index (κ2) is 7.98. The van der Waals surface area contributed by atoms with Gasteiger partial charge in [0, 0.05) is 18.8 Å². The summed E-state index contributed by atoms with van der Waals surface area (Å²) in [7, 11) is 0. The van der Waals surface area contributed by atoms with Crippen LogP contribution in [0.1, 0.15) is 11.1 Å². The number of halogens is 1. The van der Waals surface area contributed by atoms with Gasteiger partial charge in [0.1, 0.15) is 5.82 Å². The van der Waals surface area contributed by atoms with Crippen molar-refractivity contribution in [3.63, 3.8) is 0 Å². The number of anilines is 1. The molecule has 3 rings (SSSR count). The number of nitrogens with zero attached hydrogens (tertiary/aromatic N) is 1. The lowest BCUT2D eigenvalue weighted by Crippen LogP contribution is -2.45. The van der Waals surface area contributed by atoms with E-state index in [1.54, 1.807) is 12.1 Å². The maximum atomic E-state index is 13.3. The fourth-order valence-corrected chi connectivity index (χ4v) is 3.10. The molecular formula is C19H21FN2O3. The Hall–Kier alpha value is -2.60. The molecule has 0 bridgehead atoms. The summed E-state index contributed by atoms with van der Waals surface area (Å²) in [6.45, 7) is 1.93. The predicted octanol–water partition coefficient (Wildman–Crippen LogP) is 3.04. The Balaban J connectivity index is 1.59. The van der Waals surface area contributed by atoms with Crippen molar-refractivity contribution in [3.8, 4) is 0 Å². The predicted molar refractivity (Wildman–Crippen MR) is 93.4 cm³/mol. The molecule has 2 N–H and O–H groups in total. The number of amides is 1. The summed E-state index contributed by atoms with van der Waals surface area (Å²) in [5, 5.41) is 11.6. The molecule has 2 aromatic carbocycles. The SMILES string of the molecule is O=C(O)NC(COCc1ccccc1)CN1CCc2cc(F)ccc21. The number of carbonyl (C=O) groups is 1. The Kier molecular flexibility index (Phi) is 5.50. The van der Waals surface area contributed by atoms with Gasteiger partial charge in [-0.1, -0.05) is 30.3 Å². The van der Waals surface area contributed by atoms with E-state index in [2.05, 4.69) is 10.2 Å². The van der Waals surface area contributed by atoms with Crippen LogP contribution in [0.25, 0.3) is 0 Å². The first kappa shape index (κ1) is 17.2. The largest absolute Gasteiger partial charge is 0.465 e. The van der Waals surface area contributed by atoms with E-state index in [4.69, 9.17) is 9.84 Å². The second-order valence-corrected chi connectivity index (χ2v) is 6.12. The lowest BCUT2D eigenvalue weighted by Gasteiger charge is -2.26. The van der Waals surface area contributed by atoms with Crippen LogP contribution < -0.4 is 10.2 Å². The summed E-state index contributed by atoms with van der Waals surface area (Å²) in [6, 6.07) is 14.1. The zero-order valence-corrected chi connectivity index (χ0v) is 13.8. The van der Waals surface area contributed by atoms with Gasteiger partial charge in [0.25, 0.3) is 0 Å². The number of fused-ring (bicyclic) bond motifs is 1. The quantitative estimate of drug-likeness (QED) is 0.810. The Morgan fingerprint density at radius 1 is 1.28 bits per heavy atom. The molecule has 0 saturated carbocycles. The van der Waals surface area contributed by atoms with E-state index in [1.807, 2.05) is 30.3 Å². The highest BCUT2D eigenvalue weighted by molar-refractivity contribution is 5.65. The standard InChI is InChI=1S/C19H21FN2O3/c20-16-6-7-18-15(10-16)8-9-22(18)11-17(21-19(23)24)13-25-12-14-4-2-1-3-5-14/h1-7,10,17,21H,8-9,11-13H2,(H,23,24). The van der Waals surface area contributed by atoms with Crippen molar-refractivity contribution in [2.45, 2.75) is 19.1 Å². The van der Waals surface area contributed by atoms with Crippen LogP contribution in [0.5, 0.6) is 0 Å². The number of carboxylic acid groups (broad SMARTS) is 1. The van der Waals surface area contributed by atoms with Crippen LogP contribution in [-0.4, -0.2) is 36.9 Å². The van der Waals surface area contributed by atoms with Crippen molar-refractivity contribution < 1.29 is 19.0 Å². The molecule has 25 heavy (non-hydrogen) atoms. The molecule has 0 aliphatic carbocycles. The smallest absolute Gasteiger partial charge is 0.405 e. The average molecular weight is 344 g/mol. The van der Waals surface area contributed by atoms with Crippen molar-refractivity contribution in [3.05, 3.63) is 65.5 Å². The molecule has 1 amide bonds. The van der Waals surface area contributed by atoms with Crippen LogP contribution in [0.2, 0.25) is 0 Å². The molecule has 1 aliphatic rings. The van der Waals surface area contributed by atoms with Gasteiger partial charge in [-0.15, -0.1) is 0 Å². The van der Waals surface area contributed by atoms with Crippen molar-refractivity contribution >= 4 is 11.8 Å². The summed E-state index contributed by atoms with van der Waals surface area (Å²) < 4.78 is 19.0. The van der Waals surface area contributed by atoms with Gasteiger partial charge in [-0.3, -0.25) is 0 Å². The molecule has 2 aromatic rings. The highest BCUT2D eigenvalue weighted by Crippen LogP contribution is 2.28. The molecule has 6 heteroatoms. The summed E-state index contributed by atoms with van der Waals surface area (Å²) in [4.78, 5) is 13.1. The fraction of sp³-hybridized carbons (Fsp3) is 0.316. The average Bonchev–Trinajstić information content (AvgIpc) is 2.97. The van der Waals surface area contributed by atoms with Crippen molar-refractivity contribution in [1.29, 1.82) is 0 Å². The van der Waals surface area contributed by atoms with Gasteiger partial charge < -0.3 is 20.1 Å². The third-order valence-electron chi connectivity index (χ3n) is 4.23. The molecule has 0 fully saturated rings. The minimum Gasteiger partial charge on any atom is -0.465 e. The number of hydrogen-bond acceptors (Lipinski definition) is 3. The van der Waals surface area contributed by atoms with Crippen LogP contribution in [0.4, 0.5) is 14.9 Å². The van der Waals surface area contributed by atoms with E-state index in [1.165, 1.54) is 6.07 Å². The minimum absolute atomic E-state index is 0.244. The molecule has 5 nitrogen and oxygen atoms in total. The van der Waals surface area contributed by atoms with E-state index < -0.39 is 6.09 Å². The summed E-state index contributed by atoms with van der Waals surface area (Å²) >= 11 is 0. The molecule has 0 radical (unpaired) electrons. The fourth-order valence-electron chi connectivity index (χ4n) is 3.10. The molecule has 0 aromatic heterocycles. The maximum absolute atomic E-state index is 13.3. The molecule has 1 aliphatic heterocycles. The van der Waals surface area contributed by atoms with Crippen LogP contribution in [-0.2, 0) is 17.8 Å². The number of rotatable bonds is 7. The Morgan fingerprint density at radius 3 is 2.84 bits per heavy atom. The van der Waals surface area contributed by atoms with Gasteiger partial charge >= 0.3 is 6.09 Å². The highest BCUT2D eigenvalue weighted by Gasteiger charge is 2.23. The number of benzene rings is 2. The first-order valence-corrected chi connectivity index (χ1v) is 8.26. The van der Waals surface area contributed by atoms with E-state index in [0.29, 0.717) is 13.2 Å². The summed E-state index contributed by atoms with van der Waals surface area (Å²) in [6.07, 6.45) is -0.315. The Bertz CT molecular complexity index is 724. The minimum atomic E-state index is -1.08. The topological polar surface area (TPSA) is 61.8 Å². The van der Waals surface area contributed by atoms with Gasteiger partial charge in [-0.25, -0.2) is 9.18 Å². The van der Waals surface area contributed by atoms with Gasteiger partial charge in [-0.05, 0) is 35.7 Å². The summed E-state index contributed by atoms with van der Waals surface area (Å²) in [5.41, 5.74) is 2.96. The number of hydrogen-bond donors (Lipinski definition) is 2. The van der Waals surface area contributed by atoms with Crippen molar-refractivity contribution in [2.75, 3.05) is 24.6 Å². The highest BCUT2D eigenvalue weighted by atomic mass is 19.1. The lowest BCUT2D eigenvalue weighted by molar-refractivity contribution is 0.0978. The zero-order valence-electron chi connectivity index (χ0n) is 13.8. The van der Waals surface area contributed by atoms with Crippen molar-refractivity contribution in [2.24, 2.45) is 0 Å². The number of nitrogens with one attached hydrogen (secondary N) is 1. The monoisotopic (exact) mass is 344 g/mol. The van der Waals surface area contributed by atoms with E-state index in [-0.39, 0.29) is 18.5 Å². The molecule has 0 saturated heterocycles. The van der Waals surface area contributed by atoms with Crippen LogP contribution >= 0.6 is 0 Å². The third-order valence-corrected chi connectivity index (χ3v) is 4.23. The van der Waals surface area contributed by atoms with Gasteiger partial charge in [0.2, 0.25) is 0 Å². The van der Waals surface area contributed by atoms with E-state index in [0.717, 1.165) is 29.8 Å². The maximum Gasteiger partial charge on any atom is 0.405 e. The summed E-state index contributed by atoms with van der Waals surface area (Å²) in [5.74, 6) is -0.244. The van der Waals surface area contributed by atoms with Gasteiger partial charge in [0.15, 0.2) is 0 Å². The van der Waals surface area contributed by atoms with Crippen molar-refractivity contribution in [1.82, 2.24) is 5.32 Å². The molecule has 132 valence electrons. The molecular weight excluding hydrogens is 323 g/mol. The van der Waals surface area contributed by atoms with E-state index >= 15 is 0 Å². The zero-order chi connectivity index (χ0) is 17.6. The molecule has 1 atom stereocenters. The lowest BCUT2D eigenvalue weighted by atomic mass is 10.1. The van der Waals surface area contributed by atoms with E-state index in [9.17, 15) is 9.18 Å². The molecule has 1 unspecified atom stereocenters.